The fourth-order valence-electron chi connectivity index (χ4n) is 6.77. The number of aromatic nitrogens is 1. The van der Waals surface area contributed by atoms with E-state index in [0.717, 1.165) is 11.4 Å². The van der Waals surface area contributed by atoms with Crippen molar-refractivity contribution >= 4 is 27.8 Å². The predicted octanol–water partition coefficient (Wildman–Crippen LogP) is 9.66. The Morgan fingerprint density at radius 2 is 1.26 bits per heavy atom. The summed E-state index contributed by atoms with van der Waals surface area (Å²) in [6.07, 6.45) is 3.80. The molecule has 2 heteroatoms. The number of nitrogens with zero attached hydrogens (tertiary/aromatic N) is 2. The maximum absolute atomic E-state index is 4.50. The Hall–Kier alpha value is -4.69. The molecule has 8 rings (SSSR count). The molecule has 0 bridgehead atoms. The molecule has 0 aliphatic heterocycles. The number of fused-ring (bicyclic) bond motifs is 3. The van der Waals surface area contributed by atoms with Gasteiger partial charge in [0.2, 0.25) is 0 Å². The zero-order chi connectivity index (χ0) is 25.4. The second kappa shape index (κ2) is 7.66. The first kappa shape index (κ1) is 21.4. The molecule has 2 nitrogen and oxygen atoms in total. The second-order valence-electron chi connectivity index (χ2n) is 10.8. The molecule has 0 saturated carbocycles. The lowest BCUT2D eigenvalue weighted by atomic mass is 9.80. The molecule has 180 valence electrons. The van der Waals surface area contributed by atoms with E-state index in [1.165, 1.54) is 61.0 Å². The van der Waals surface area contributed by atoms with E-state index in [1.54, 1.807) is 0 Å². The minimum absolute atomic E-state index is 0.125. The van der Waals surface area contributed by atoms with Gasteiger partial charge < -0.3 is 4.90 Å². The van der Waals surface area contributed by atoms with E-state index in [-0.39, 0.29) is 5.41 Å². The van der Waals surface area contributed by atoms with Gasteiger partial charge in [-0.2, -0.15) is 0 Å². The molecule has 38 heavy (non-hydrogen) atoms. The Morgan fingerprint density at radius 3 is 2.05 bits per heavy atom. The van der Waals surface area contributed by atoms with Crippen LogP contribution >= 0.6 is 0 Å². The topological polar surface area (TPSA) is 16.1 Å². The molecule has 2 aliphatic carbocycles. The minimum atomic E-state index is -0.125. The Morgan fingerprint density at radius 1 is 0.579 bits per heavy atom. The first-order chi connectivity index (χ1) is 18.6. The van der Waals surface area contributed by atoms with Crippen LogP contribution in [0.5, 0.6) is 0 Å². The fourth-order valence-corrected chi connectivity index (χ4v) is 6.77. The highest BCUT2D eigenvalue weighted by Crippen LogP contribution is 2.60. The highest BCUT2D eigenvalue weighted by Gasteiger charge is 2.41. The highest BCUT2D eigenvalue weighted by atomic mass is 15.1. The Labute approximate surface area is 222 Å². The lowest BCUT2D eigenvalue weighted by molar-refractivity contribution is 0.661. The van der Waals surface area contributed by atoms with E-state index in [0.29, 0.717) is 0 Å². The monoisotopic (exact) mass is 486 g/mol. The molecule has 2 aliphatic rings. The average molecular weight is 487 g/mol. The highest BCUT2D eigenvalue weighted by molar-refractivity contribution is 6.20. The molecule has 0 spiro atoms. The lowest BCUT2D eigenvalue weighted by Gasteiger charge is -2.30. The van der Waals surface area contributed by atoms with Crippen LogP contribution in [0.1, 0.15) is 25.0 Å². The summed E-state index contributed by atoms with van der Waals surface area (Å²) in [5.41, 5.74) is 14.1. The Balaban J connectivity index is 1.58. The quantitative estimate of drug-likeness (QED) is 0.247. The number of rotatable bonds is 3. The largest absolute Gasteiger partial charge is 0.308 e. The predicted molar refractivity (Wildman–Crippen MR) is 158 cm³/mol. The molecule has 0 amide bonds. The van der Waals surface area contributed by atoms with Crippen LogP contribution in [-0.2, 0) is 5.41 Å². The first-order valence-corrected chi connectivity index (χ1v) is 13.2. The standard InChI is InChI=1S/C36H26N2/c1-36(2)30-19-9-17-28-26-15-7-6-14-25(26)27-16-8-18-29-32(21-31(36)35(33(27)29)34(28)30)38(23-11-4-3-5-12-23)24-13-10-20-37-22-24/h3-22H,1-2H3. The van der Waals surface area contributed by atoms with Crippen LogP contribution in [0.4, 0.5) is 17.1 Å². The van der Waals surface area contributed by atoms with Gasteiger partial charge in [-0.3, -0.25) is 4.98 Å². The summed E-state index contributed by atoms with van der Waals surface area (Å²) in [7, 11) is 0. The van der Waals surface area contributed by atoms with Crippen molar-refractivity contribution in [2.75, 3.05) is 4.90 Å². The summed E-state index contributed by atoms with van der Waals surface area (Å²) in [6.45, 7) is 4.76. The summed E-state index contributed by atoms with van der Waals surface area (Å²) in [6, 6.07) is 39.8. The van der Waals surface area contributed by atoms with Gasteiger partial charge in [0, 0.05) is 22.7 Å². The molecule has 5 aromatic carbocycles. The molecule has 0 saturated heterocycles. The molecule has 0 atom stereocenters. The van der Waals surface area contributed by atoms with Gasteiger partial charge in [0.05, 0.1) is 17.6 Å². The van der Waals surface area contributed by atoms with Gasteiger partial charge in [-0.05, 0) is 80.2 Å². The molecule has 1 heterocycles. The van der Waals surface area contributed by atoms with Crippen molar-refractivity contribution in [1.82, 2.24) is 4.98 Å². The minimum Gasteiger partial charge on any atom is -0.308 e. The van der Waals surface area contributed by atoms with Gasteiger partial charge in [0.25, 0.3) is 0 Å². The summed E-state index contributed by atoms with van der Waals surface area (Å²) in [5, 5.41) is 2.60. The van der Waals surface area contributed by atoms with E-state index < -0.39 is 0 Å². The summed E-state index contributed by atoms with van der Waals surface area (Å²) in [4.78, 5) is 6.86. The average Bonchev–Trinajstić information content (AvgIpc) is 3.12. The third-order valence-corrected chi connectivity index (χ3v) is 8.47. The van der Waals surface area contributed by atoms with Gasteiger partial charge in [-0.1, -0.05) is 92.7 Å². The van der Waals surface area contributed by atoms with Crippen molar-refractivity contribution in [2.45, 2.75) is 19.3 Å². The molecular weight excluding hydrogens is 460 g/mol. The molecule has 0 fully saturated rings. The summed E-state index contributed by atoms with van der Waals surface area (Å²) < 4.78 is 0. The van der Waals surface area contributed by atoms with E-state index in [9.17, 15) is 0 Å². The van der Waals surface area contributed by atoms with Crippen molar-refractivity contribution in [1.29, 1.82) is 0 Å². The molecule has 0 unspecified atom stereocenters. The molecule has 6 aromatic rings. The fraction of sp³-hybridized carbons (Fsp3) is 0.0833. The van der Waals surface area contributed by atoms with E-state index in [4.69, 9.17) is 0 Å². The molecular formula is C36H26N2. The normalized spacial score (nSPS) is 13.7. The third-order valence-electron chi connectivity index (χ3n) is 8.47. The van der Waals surface area contributed by atoms with Crippen molar-refractivity contribution in [3.05, 3.63) is 133 Å². The summed E-state index contributed by atoms with van der Waals surface area (Å²) in [5.74, 6) is 0. The van der Waals surface area contributed by atoms with Crippen LogP contribution < -0.4 is 4.90 Å². The number of hydrogen-bond acceptors (Lipinski definition) is 2. The summed E-state index contributed by atoms with van der Waals surface area (Å²) >= 11 is 0. The van der Waals surface area contributed by atoms with Crippen LogP contribution in [-0.4, -0.2) is 4.98 Å². The van der Waals surface area contributed by atoms with Gasteiger partial charge >= 0.3 is 0 Å². The number of pyridine rings is 1. The number of anilines is 3. The first-order valence-electron chi connectivity index (χ1n) is 13.2. The van der Waals surface area contributed by atoms with Crippen molar-refractivity contribution in [3.8, 4) is 33.4 Å². The SMILES string of the molecule is CC1(C)c2cccc3c2-c2c1cc(N(c1ccccc1)c1cccnc1)c1cccc(c21)-c1ccccc1-3. The molecule has 1 aromatic heterocycles. The van der Waals surface area contributed by atoms with Crippen LogP contribution in [0.25, 0.3) is 44.2 Å². The van der Waals surface area contributed by atoms with Crippen LogP contribution in [0.2, 0.25) is 0 Å². The number of benzene rings is 5. The lowest BCUT2D eigenvalue weighted by Crippen LogP contribution is -2.17. The van der Waals surface area contributed by atoms with Crippen molar-refractivity contribution < 1.29 is 0 Å². The molecule has 0 N–H and O–H groups in total. The van der Waals surface area contributed by atoms with Crippen LogP contribution in [0.15, 0.2) is 122 Å². The number of hydrogen-bond donors (Lipinski definition) is 0. The van der Waals surface area contributed by atoms with Crippen molar-refractivity contribution in [3.63, 3.8) is 0 Å². The van der Waals surface area contributed by atoms with Crippen LogP contribution in [0, 0.1) is 0 Å². The van der Waals surface area contributed by atoms with E-state index in [2.05, 4.69) is 127 Å². The van der Waals surface area contributed by atoms with Crippen LogP contribution in [0.3, 0.4) is 0 Å². The number of para-hydroxylation sites is 1. The maximum atomic E-state index is 4.50. The van der Waals surface area contributed by atoms with Gasteiger partial charge in [0.15, 0.2) is 0 Å². The zero-order valence-electron chi connectivity index (χ0n) is 21.4. The Kier molecular flexibility index (Phi) is 4.31. The Bertz CT molecular complexity index is 1850. The zero-order valence-corrected chi connectivity index (χ0v) is 21.4. The third kappa shape index (κ3) is 2.75. The van der Waals surface area contributed by atoms with Gasteiger partial charge in [-0.25, -0.2) is 0 Å². The smallest absolute Gasteiger partial charge is 0.0645 e. The van der Waals surface area contributed by atoms with E-state index in [1.807, 2.05) is 18.5 Å². The molecule has 0 radical (unpaired) electrons. The second-order valence-corrected chi connectivity index (χ2v) is 10.8. The van der Waals surface area contributed by atoms with Gasteiger partial charge in [0.1, 0.15) is 0 Å². The maximum Gasteiger partial charge on any atom is 0.0645 e. The van der Waals surface area contributed by atoms with Crippen molar-refractivity contribution in [2.24, 2.45) is 0 Å². The van der Waals surface area contributed by atoms with Gasteiger partial charge in [-0.15, -0.1) is 0 Å². The van der Waals surface area contributed by atoms with E-state index >= 15 is 0 Å².